The van der Waals surface area contributed by atoms with Gasteiger partial charge in [-0.2, -0.15) is 0 Å². The van der Waals surface area contributed by atoms with E-state index >= 15 is 0 Å². The Morgan fingerprint density at radius 1 is 0.804 bits per heavy atom. The predicted molar refractivity (Wildman–Crippen MR) is 170 cm³/mol. The standard InChI is InChI=1S/C35H33N3O8/c1-3-19-44-28-16-14-25(15-17-28)36-34(39)31-32(37(46-33(31)35(36)40)26-11-8-12-27(21-26)38(41)42)24-13-18-29(30(20-24)43-4-2)45-22-23-9-6-5-7-10-23/h5-18,20-21,31-33H,3-4,19,22H2,1-2H3/t31-,32+,33-/m1/s1. The van der Waals surface area contributed by atoms with E-state index in [2.05, 4.69) is 0 Å². The summed E-state index contributed by atoms with van der Waals surface area (Å²) in [4.78, 5) is 46.4. The van der Waals surface area contributed by atoms with Gasteiger partial charge < -0.3 is 14.2 Å². The summed E-state index contributed by atoms with van der Waals surface area (Å²) in [6, 6.07) is 26.9. The zero-order chi connectivity index (χ0) is 32.2. The fraction of sp³-hybridized carbons (Fsp3) is 0.257. The monoisotopic (exact) mass is 623 g/mol. The van der Waals surface area contributed by atoms with Crippen molar-refractivity contribution in [2.75, 3.05) is 23.2 Å². The van der Waals surface area contributed by atoms with Crippen LogP contribution in [0, 0.1) is 16.0 Å². The number of rotatable bonds is 12. The summed E-state index contributed by atoms with van der Waals surface area (Å²) >= 11 is 0. The van der Waals surface area contributed by atoms with Gasteiger partial charge in [0.15, 0.2) is 17.6 Å². The number of carbonyl (C=O) groups is 2. The minimum atomic E-state index is -1.16. The van der Waals surface area contributed by atoms with Crippen molar-refractivity contribution < 1.29 is 33.6 Å². The van der Waals surface area contributed by atoms with Crippen LogP contribution >= 0.6 is 0 Å². The Morgan fingerprint density at radius 2 is 1.59 bits per heavy atom. The van der Waals surface area contributed by atoms with Crippen molar-refractivity contribution in [1.82, 2.24) is 0 Å². The number of benzene rings is 4. The lowest BCUT2D eigenvalue weighted by molar-refractivity contribution is -0.384. The number of amides is 2. The molecule has 0 spiro atoms. The number of hydrogen-bond acceptors (Lipinski definition) is 9. The second-order valence-corrected chi connectivity index (χ2v) is 10.9. The average Bonchev–Trinajstić information content (AvgIpc) is 3.59. The Bertz CT molecular complexity index is 1730. The third kappa shape index (κ3) is 5.96. The highest BCUT2D eigenvalue weighted by atomic mass is 16.7. The van der Waals surface area contributed by atoms with Crippen LogP contribution in [0.1, 0.15) is 37.4 Å². The number of hydrogen-bond donors (Lipinski definition) is 0. The van der Waals surface area contributed by atoms with Crippen LogP contribution in [0.2, 0.25) is 0 Å². The van der Waals surface area contributed by atoms with Crippen molar-refractivity contribution >= 4 is 28.9 Å². The SMILES string of the molecule is CCCOc1ccc(N2C(=O)[C@H]3[C@@H](ON(c4cccc([N+](=O)[O-])c4)[C@H]3c3ccc(OCc4ccccc4)c(OCC)c3)C2=O)cc1. The number of anilines is 2. The van der Waals surface area contributed by atoms with Gasteiger partial charge in [0.1, 0.15) is 18.3 Å². The largest absolute Gasteiger partial charge is 0.494 e. The minimum absolute atomic E-state index is 0.152. The second kappa shape index (κ2) is 13.3. The summed E-state index contributed by atoms with van der Waals surface area (Å²) in [5.41, 5.74) is 2.18. The number of hydroxylamine groups is 1. The van der Waals surface area contributed by atoms with Gasteiger partial charge in [-0.05, 0) is 66.9 Å². The number of imide groups is 1. The zero-order valence-corrected chi connectivity index (χ0v) is 25.4. The molecule has 2 heterocycles. The van der Waals surface area contributed by atoms with Crippen LogP contribution in [0.4, 0.5) is 17.1 Å². The number of carbonyl (C=O) groups excluding carboxylic acids is 2. The molecular weight excluding hydrogens is 590 g/mol. The molecule has 0 aromatic heterocycles. The van der Waals surface area contributed by atoms with Crippen LogP contribution in [0.3, 0.4) is 0 Å². The molecule has 2 aliphatic rings. The summed E-state index contributed by atoms with van der Waals surface area (Å²) in [7, 11) is 0. The van der Waals surface area contributed by atoms with E-state index < -0.39 is 34.8 Å². The highest BCUT2D eigenvalue weighted by Gasteiger charge is 2.60. The van der Waals surface area contributed by atoms with Crippen LogP contribution in [-0.2, 0) is 21.0 Å². The maximum Gasteiger partial charge on any atom is 0.271 e. The first-order valence-electron chi connectivity index (χ1n) is 15.1. The van der Waals surface area contributed by atoms with E-state index in [1.165, 1.54) is 23.3 Å². The van der Waals surface area contributed by atoms with Gasteiger partial charge in [-0.3, -0.25) is 24.5 Å². The number of nitro benzene ring substituents is 1. The van der Waals surface area contributed by atoms with E-state index in [0.717, 1.165) is 16.9 Å². The summed E-state index contributed by atoms with van der Waals surface area (Å²) in [5.74, 6) is -0.329. The van der Waals surface area contributed by atoms with Crippen molar-refractivity contribution in [1.29, 1.82) is 0 Å². The van der Waals surface area contributed by atoms with Gasteiger partial charge in [0.05, 0.1) is 35.6 Å². The lowest BCUT2D eigenvalue weighted by atomic mass is 9.90. The summed E-state index contributed by atoms with van der Waals surface area (Å²) in [5, 5.41) is 13.0. The molecule has 0 radical (unpaired) electrons. The van der Waals surface area contributed by atoms with Crippen LogP contribution in [0.5, 0.6) is 17.2 Å². The van der Waals surface area contributed by atoms with E-state index in [1.807, 2.05) is 44.2 Å². The number of non-ortho nitro benzene ring substituents is 1. The number of ether oxygens (including phenoxy) is 3. The summed E-state index contributed by atoms with van der Waals surface area (Å²) in [6.45, 7) is 5.09. The first kappa shape index (κ1) is 30.6. The molecule has 2 saturated heterocycles. The maximum atomic E-state index is 14.1. The maximum absolute atomic E-state index is 14.1. The molecular formula is C35H33N3O8. The van der Waals surface area contributed by atoms with E-state index in [0.29, 0.717) is 54.0 Å². The third-order valence-electron chi connectivity index (χ3n) is 7.82. The van der Waals surface area contributed by atoms with Crippen LogP contribution < -0.4 is 24.2 Å². The molecule has 0 aliphatic carbocycles. The molecule has 4 aromatic carbocycles. The lowest BCUT2D eigenvalue weighted by Crippen LogP contribution is -2.37. The van der Waals surface area contributed by atoms with Gasteiger partial charge in [-0.25, -0.2) is 9.96 Å². The summed E-state index contributed by atoms with van der Waals surface area (Å²) in [6.07, 6.45) is -0.309. The van der Waals surface area contributed by atoms with Crippen molar-refractivity contribution in [3.63, 3.8) is 0 Å². The summed E-state index contributed by atoms with van der Waals surface area (Å²) < 4.78 is 17.7. The molecule has 0 unspecified atom stereocenters. The fourth-order valence-corrected chi connectivity index (χ4v) is 5.72. The van der Waals surface area contributed by atoms with Gasteiger partial charge in [0.25, 0.3) is 11.6 Å². The van der Waals surface area contributed by atoms with Crippen LogP contribution in [0.25, 0.3) is 0 Å². The lowest BCUT2D eigenvalue weighted by Gasteiger charge is -2.29. The van der Waals surface area contributed by atoms with Gasteiger partial charge in [-0.15, -0.1) is 0 Å². The molecule has 6 rings (SSSR count). The van der Waals surface area contributed by atoms with Crippen LogP contribution in [-0.4, -0.2) is 36.1 Å². The molecule has 0 N–H and O–H groups in total. The zero-order valence-electron chi connectivity index (χ0n) is 25.4. The van der Waals surface area contributed by atoms with Crippen molar-refractivity contribution in [2.24, 2.45) is 5.92 Å². The predicted octanol–water partition coefficient (Wildman–Crippen LogP) is 6.41. The molecule has 46 heavy (non-hydrogen) atoms. The molecule has 2 aliphatic heterocycles. The molecule has 11 heteroatoms. The van der Waals surface area contributed by atoms with Gasteiger partial charge >= 0.3 is 0 Å². The Morgan fingerprint density at radius 3 is 2.30 bits per heavy atom. The first-order valence-corrected chi connectivity index (χ1v) is 15.1. The second-order valence-electron chi connectivity index (χ2n) is 10.9. The Kier molecular flexibility index (Phi) is 8.84. The van der Waals surface area contributed by atoms with Gasteiger partial charge in [0.2, 0.25) is 5.91 Å². The van der Waals surface area contributed by atoms with Gasteiger partial charge in [-0.1, -0.05) is 49.4 Å². The molecule has 236 valence electrons. The number of nitrogens with zero attached hydrogens (tertiary/aromatic N) is 3. The molecule has 3 atom stereocenters. The van der Waals surface area contributed by atoms with E-state index in [4.69, 9.17) is 19.0 Å². The highest BCUT2D eigenvalue weighted by Crippen LogP contribution is 2.49. The van der Waals surface area contributed by atoms with Crippen molar-refractivity contribution in [2.45, 2.75) is 39.0 Å². The Labute approximate surface area is 266 Å². The van der Waals surface area contributed by atoms with E-state index in [-0.39, 0.29) is 5.69 Å². The fourth-order valence-electron chi connectivity index (χ4n) is 5.72. The first-order chi connectivity index (χ1) is 22.4. The molecule has 0 bridgehead atoms. The smallest absolute Gasteiger partial charge is 0.271 e. The Balaban J connectivity index is 1.37. The quantitative estimate of drug-likeness (QED) is 0.100. The number of nitro groups is 1. The van der Waals surface area contributed by atoms with E-state index in [9.17, 15) is 19.7 Å². The minimum Gasteiger partial charge on any atom is -0.494 e. The molecule has 4 aromatic rings. The number of fused-ring (bicyclic) bond motifs is 1. The van der Waals surface area contributed by atoms with Gasteiger partial charge in [0, 0.05) is 12.1 Å². The van der Waals surface area contributed by atoms with Crippen molar-refractivity contribution in [3.05, 3.63) is 118 Å². The molecule has 2 amide bonds. The molecule has 11 nitrogen and oxygen atoms in total. The molecule has 0 saturated carbocycles. The highest BCUT2D eigenvalue weighted by molar-refractivity contribution is 6.24. The normalized spacial score (nSPS) is 18.9. The average molecular weight is 624 g/mol. The van der Waals surface area contributed by atoms with Crippen molar-refractivity contribution in [3.8, 4) is 17.2 Å². The topological polar surface area (TPSA) is 121 Å². The van der Waals surface area contributed by atoms with Crippen LogP contribution in [0.15, 0.2) is 97.1 Å². The molecule has 2 fully saturated rings. The third-order valence-corrected chi connectivity index (χ3v) is 7.82. The Hall–Kier alpha value is -5.42. The van der Waals surface area contributed by atoms with E-state index in [1.54, 1.807) is 48.5 Å².